The standard InChI is InChI=1S/C24H35N6/c1-16(2)28-15-23(27(9)18(28)4)29-19(5)30(21-13-11-10-12-20(21)29)24(6,7)22-14-25-17(3)26(22)8/h10-16,19H,1-9H3/q+1/t19-/m1/s1. The fourth-order valence-corrected chi connectivity index (χ4v) is 5.06. The van der Waals surface area contributed by atoms with E-state index in [0.29, 0.717) is 6.04 Å². The van der Waals surface area contributed by atoms with E-state index in [2.05, 4.69) is 122 Å². The smallest absolute Gasteiger partial charge is 0.254 e. The zero-order valence-corrected chi connectivity index (χ0v) is 19.8. The van der Waals surface area contributed by atoms with Gasteiger partial charge in [-0.25, -0.2) is 14.1 Å². The number of imidazole rings is 2. The summed E-state index contributed by atoms with van der Waals surface area (Å²) in [6.45, 7) is 15.6. The monoisotopic (exact) mass is 407 g/mol. The number of aromatic nitrogens is 4. The largest absolute Gasteiger partial charge is 0.338 e. The van der Waals surface area contributed by atoms with Crippen LogP contribution in [0.4, 0.5) is 17.2 Å². The minimum atomic E-state index is -0.228. The molecule has 0 N–H and O–H groups in total. The first kappa shape index (κ1) is 20.5. The van der Waals surface area contributed by atoms with Crippen molar-refractivity contribution in [1.82, 2.24) is 14.1 Å². The van der Waals surface area contributed by atoms with Crippen molar-refractivity contribution in [2.45, 2.75) is 66.2 Å². The van der Waals surface area contributed by atoms with Crippen LogP contribution in [0.3, 0.4) is 0 Å². The maximum atomic E-state index is 4.58. The Morgan fingerprint density at radius 3 is 2.20 bits per heavy atom. The number of hydrogen-bond acceptors (Lipinski definition) is 3. The van der Waals surface area contributed by atoms with Crippen LogP contribution in [0.2, 0.25) is 0 Å². The van der Waals surface area contributed by atoms with Crippen LogP contribution < -0.4 is 14.4 Å². The maximum Gasteiger partial charge on any atom is 0.254 e. The zero-order chi connectivity index (χ0) is 22.0. The van der Waals surface area contributed by atoms with Crippen LogP contribution in [-0.4, -0.2) is 20.3 Å². The van der Waals surface area contributed by atoms with Crippen LogP contribution in [0.15, 0.2) is 36.7 Å². The molecule has 0 bridgehead atoms. The third kappa shape index (κ3) is 2.76. The lowest BCUT2D eigenvalue weighted by molar-refractivity contribution is -0.721. The molecule has 4 rings (SSSR count). The molecule has 0 spiro atoms. The molecule has 1 aliphatic rings. The molecule has 3 aromatic rings. The molecular weight excluding hydrogens is 372 g/mol. The Balaban J connectivity index is 1.88. The summed E-state index contributed by atoms with van der Waals surface area (Å²) >= 11 is 0. The first-order chi connectivity index (χ1) is 14.1. The van der Waals surface area contributed by atoms with Crippen LogP contribution in [0, 0.1) is 13.8 Å². The molecule has 6 heteroatoms. The van der Waals surface area contributed by atoms with E-state index in [4.69, 9.17) is 0 Å². The van der Waals surface area contributed by atoms with Gasteiger partial charge in [-0.1, -0.05) is 12.1 Å². The second-order valence-corrected chi connectivity index (χ2v) is 9.26. The van der Waals surface area contributed by atoms with Gasteiger partial charge in [-0.3, -0.25) is 4.90 Å². The van der Waals surface area contributed by atoms with Gasteiger partial charge in [0.05, 0.1) is 41.9 Å². The van der Waals surface area contributed by atoms with E-state index in [1.165, 1.54) is 28.7 Å². The van der Waals surface area contributed by atoms with Crippen LogP contribution in [0.25, 0.3) is 0 Å². The third-order valence-corrected chi connectivity index (χ3v) is 6.86. The summed E-state index contributed by atoms with van der Waals surface area (Å²) in [6.07, 6.45) is 4.46. The van der Waals surface area contributed by atoms with E-state index in [0.717, 1.165) is 5.82 Å². The first-order valence-corrected chi connectivity index (χ1v) is 10.8. The van der Waals surface area contributed by atoms with Crippen molar-refractivity contribution in [3.8, 4) is 0 Å². The summed E-state index contributed by atoms with van der Waals surface area (Å²) in [4.78, 5) is 9.57. The summed E-state index contributed by atoms with van der Waals surface area (Å²) in [5.74, 6) is 3.50. The average molecular weight is 408 g/mol. The van der Waals surface area contributed by atoms with Gasteiger partial charge in [0.25, 0.3) is 5.82 Å². The van der Waals surface area contributed by atoms with E-state index < -0.39 is 0 Å². The van der Waals surface area contributed by atoms with E-state index >= 15 is 0 Å². The van der Waals surface area contributed by atoms with Gasteiger partial charge in [0.15, 0.2) is 6.20 Å². The molecule has 6 nitrogen and oxygen atoms in total. The number of anilines is 3. The summed E-state index contributed by atoms with van der Waals surface area (Å²) in [5, 5.41) is 0. The van der Waals surface area contributed by atoms with Gasteiger partial charge in [-0.15, -0.1) is 0 Å². The minimum absolute atomic E-state index is 0.154. The highest BCUT2D eigenvalue weighted by Gasteiger charge is 2.45. The van der Waals surface area contributed by atoms with E-state index in [-0.39, 0.29) is 11.7 Å². The molecule has 0 radical (unpaired) electrons. The van der Waals surface area contributed by atoms with E-state index in [1.54, 1.807) is 0 Å². The topological polar surface area (TPSA) is 33.1 Å². The summed E-state index contributed by atoms with van der Waals surface area (Å²) in [6, 6.07) is 9.16. The van der Waals surface area contributed by atoms with Crippen molar-refractivity contribution in [2.75, 3.05) is 9.80 Å². The van der Waals surface area contributed by atoms with Gasteiger partial charge in [0.2, 0.25) is 5.82 Å². The van der Waals surface area contributed by atoms with Crippen molar-refractivity contribution >= 4 is 17.2 Å². The quantitative estimate of drug-likeness (QED) is 0.598. The third-order valence-electron chi connectivity index (χ3n) is 6.86. The lowest BCUT2D eigenvalue weighted by Crippen LogP contribution is -2.50. The molecule has 0 saturated heterocycles. The van der Waals surface area contributed by atoms with Gasteiger partial charge in [0, 0.05) is 14.0 Å². The Kier molecular flexibility index (Phi) is 4.71. The predicted molar refractivity (Wildman–Crippen MR) is 122 cm³/mol. The molecule has 3 heterocycles. The number of para-hydroxylation sites is 2. The fraction of sp³-hybridized carbons (Fsp3) is 0.500. The van der Waals surface area contributed by atoms with E-state index in [1.807, 2.05) is 6.20 Å². The fourth-order valence-electron chi connectivity index (χ4n) is 5.06. The van der Waals surface area contributed by atoms with Gasteiger partial charge in [-0.05, 0) is 53.7 Å². The number of aryl methyl sites for hydroxylation is 1. The van der Waals surface area contributed by atoms with Crippen molar-refractivity contribution < 1.29 is 4.57 Å². The number of hydrogen-bond donors (Lipinski definition) is 0. The molecule has 160 valence electrons. The molecule has 0 saturated carbocycles. The summed E-state index contributed by atoms with van der Waals surface area (Å²) in [7, 11) is 4.27. The van der Waals surface area contributed by atoms with Crippen molar-refractivity contribution in [2.24, 2.45) is 14.1 Å². The van der Waals surface area contributed by atoms with Gasteiger partial charge >= 0.3 is 0 Å². The first-order valence-electron chi connectivity index (χ1n) is 10.8. The van der Waals surface area contributed by atoms with Crippen LogP contribution >= 0.6 is 0 Å². The number of benzene rings is 1. The van der Waals surface area contributed by atoms with Gasteiger partial charge < -0.3 is 9.47 Å². The zero-order valence-electron chi connectivity index (χ0n) is 19.8. The SMILES string of the molecule is Cc1ncc(C(C)(C)N2c3ccccc3N(c3c[n+](C(C)C)c(C)n3C)[C@H]2C)n1C. The van der Waals surface area contributed by atoms with Gasteiger partial charge in [-0.2, -0.15) is 0 Å². The summed E-state index contributed by atoms with van der Waals surface area (Å²) in [5.41, 5.74) is 3.48. The second kappa shape index (κ2) is 6.89. The average Bonchev–Trinajstić information content (AvgIpc) is 3.28. The number of nitrogens with zero attached hydrogens (tertiary/aromatic N) is 6. The highest BCUT2D eigenvalue weighted by Crippen LogP contribution is 2.49. The lowest BCUT2D eigenvalue weighted by atomic mass is 9.97. The Hall–Kier alpha value is -2.76. The molecule has 1 atom stereocenters. The van der Waals surface area contributed by atoms with Gasteiger partial charge in [0.1, 0.15) is 12.0 Å². The molecule has 0 aliphatic carbocycles. The van der Waals surface area contributed by atoms with Crippen molar-refractivity contribution in [1.29, 1.82) is 0 Å². The normalized spacial score (nSPS) is 16.7. The highest BCUT2D eigenvalue weighted by molar-refractivity contribution is 5.83. The van der Waals surface area contributed by atoms with Crippen molar-refractivity contribution in [3.05, 3.63) is 54.0 Å². The van der Waals surface area contributed by atoms with Crippen LogP contribution in [0.1, 0.15) is 58.0 Å². The Bertz CT molecular complexity index is 1090. The Morgan fingerprint density at radius 2 is 1.67 bits per heavy atom. The molecule has 1 aromatic carbocycles. The number of fused-ring (bicyclic) bond motifs is 1. The Morgan fingerprint density at radius 1 is 1.03 bits per heavy atom. The van der Waals surface area contributed by atoms with Crippen LogP contribution in [0.5, 0.6) is 0 Å². The molecule has 0 fully saturated rings. The Labute approximate surface area is 180 Å². The van der Waals surface area contributed by atoms with Crippen LogP contribution in [-0.2, 0) is 19.6 Å². The maximum absolute atomic E-state index is 4.58. The van der Waals surface area contributed by atoms with Crippen molar-refractivity contribution in [3.63, 3.8) is 0 Å². The predicted octanol–water partition coefficient (Wildman–Crippen LogP) is 4.48. The van der Waals surface area contributed by atoms with E-state index in [9.17, 15) is 0 Å². The lowest BCUT2D eigenvalue weighted by Gasteiger charge is -2.41. The molecule has 0 amide bonds. The number of rotatable bonds is 4. The molecular formula is C24H35N6+. The molecule has 0 unspecified atom stereocenters. The molecule has 30 heavy (non-hydrogen) atoms. The molecule has 2 aromatic heterocycles. The second-order valence-electron chi connectivity index (χ2n) is 9.26. The summed E-state index contributed by atoms with van der Waals surface area (Å²) < 4.78 is 6.86. The highest BCUT2D eigenvalue weighted by atomic mass is 15.5. The minimum Gasteiger partial charge on any atom is -0.338 e. The molecule has 1 aliphatic heterocycles.